The summed E-state index contributed by atoms with van der Waals surface area (Å²) in [6.45, 7) is 9.39. The fraction of sp³-hybridized carbons (Fsp3) is 0.263. The van der Waals surface area contributed by atoms with Crippen molar-refractivity contribution in [2.75, 3.05) is 13.1 Å². The van der Waals surface area contributed by atoms with Crippen molar-refractivity contribution < 1.29 is 28.3 Å². The number of carbonyl (C=O) groups is 2. The zero-order valence-corrected chi connectivity index (χ0v) is 25.9. The number of epoxide rings is 1. The van der Waals surface area contributed by atoms with Crippen LogP contribution in [-0.2, 0) is 30.8 Å². The Morgan fingerprint density at radius 3 is 2.26 bits per heavy atom. The lowest BCUT2D eigenvalue weighted by atomic mass is 9.63. The van der Waals surface area contributed by atoms with Crippen molar-refractivity contribution in [1.82, 2.24) is 15.5 Å². The summed E-state index contributed by atoms with van der Waals surface area (Å²) in [5.74, 6) is 1.04. The Hall–Kier alpha value is -5.28. The maximum absolute atomic E-state index is 14.0. The van der Waals surface area contributed by atoms with Crippen LogP contribution in [0.5, 0.6) is 11.6 Å². The van der Waals surface area contributed by atoms with Crippen LogP contribution >= 0.6 is 0 Å². The van der Waals surface area contributed by atoms with Gasteiger partial charge in [0.25, 0.3) is 5.88 Å². The number of allylic oxidation sites excluding steroid dienone is 1. The maximum Gasteiger partial charge on any atom is 0.265 e. The van der Waals surface area contributed by atoms with Crippen LogP contribution in [0.2, 0.25) is 0 Å². The summed E-state index contributed by atoms with van der Waals surface area (Å²) in [6, 6.07) is 19.4. The second-order valence-corrected chi connectivity index (χ2v) is 12.0. The molecule has 0 saturated carbocycles. The third kappa shape index (κ3) is 5.57. The van der Waals surface area contributed by atoms with Gasteiger partial charge < -0.3 is 24.1 Å². The highest BCUT2D eigenvalue weighted by Gasteiger charge is 2.72. The lowest BCUT2D eigenvalue weighted by molar-refractivity contribution is 0.0735. The van der Waals surface area contributed by atoms with Crippen molar-refractivity contribution in [2.24, 2.45) is 11.8 Å². The molecule has 1 fully saturated rings. The van der Waals surface area contributed by atoms with E-state index in [-0.39, 0.29) is 35.9 Å². The fourth-order valence-corrected chi connectivity index (χ4v) is 6.84. The smallest absolute Gasteiger partial charge is 0.265 e. The molecule has 0 amide bonds. The minimum absolute atomic E-state index is 0.0622. The normalized spacial score (nSPS) is 21.4. The summed E-state index contributed by atoms with van der Waals surface area (Å²) < 4.78 is 23.8. The quantitative estimate of drug-likeness (QED) is 0.128. The molecule has 9 heteroatoms. The molecule has 3 atom stereocenters. The van der Waals surface area contributed by atoms with E-state index in [9.17, 15) is 9.59 Å². The summed E-state index contributed by atoms with van der Waals surface area (Å²) >= 11 is 0. The average Bonchev–Trinajstić information content (AvgIpc) is 3.73. The van der Waals surface area contributed by atoms with Gasteiger partial charge in [0.05, 0.1) is 11.8 Å². The number of ether oxygens (including phenoxy) is 3. The maximum atomic E-state index is 14.0. The van der Waals surface area contributed by atoms with Gasteiger partial charge in [-0.2, -0.15) is 0 Å². The van der Waals surface area contributed by atoms with E-state index in [1.165, 1.54) is 0 Å². The molecule has 1 unspecified atom stereocenters. The molecule has 1 N–H and O–H groups in total. The van der Waals surface area contributed by atoms with E-state index in [0.717, 1.165) is 29.8 Å². The Kier molecular flexibility index (Phi) is 8.30. The first kappa shape index (κ1) is 30.4. The molecule has 0 radical (unpaired) electrons. The van der Waals surface area contributed by atoms with E-state index in [4.69, 9.17) is 18.7 Å². The molecule has 1 aliphatic heterocycles. The molecule has 1 saturated heterocycles. The molecule has 47 heavy (non-hydrogen) atoms. The summed E-state index contributed by atoms with van der Waals surface area (Å²) in [6.07, 6.45) is 8.74. The van der Waals surface area contributed by atoms with Gasteiger partial charge in [-0.15, -0.1) is 13.2 Å². The summed E-state index contributed by atoms with van der Waals surface area (Å²) in [5, 5.41) is 7.13. The average molecular weight is 630 g/mol. The number of hydrogen-bond donors (Lipinski definition) is 1. The van der Waals surface area contributed by atoms with Crippen LogP contribution in [0.3, 0.4) is 0 Å². The molecule has 0 bridgehead atoms. The Morgan fingerprint density at radius 1 is 0.894 bits per heavy atom. The minimum Gasteiger partial charge on any atom is -0.487 e. The van der Waals surface area contributed by atoms with Crippen LogP contribution in [0.4, 0.5) is 0 Å². The number of rotatable bonds is 10. The van der Waals surface area contributed by atoms with Gasteiger partial charge in [0.1, 0.15) is 24.5 Å². The zero-order valence-electron chi connectivity index (χ0n) is 25.9. The minimum atomic E-state index is -1.15. The van der Waals surface area contributed by atoms with Gasteiger partial charge in [0, 0.05) is 37.2 Å². The van der Waals surface area contributed by atoms with E-state index < -0.39 is 5.60 Å². The van der Waals surface area contributed by atoms with Crippen molar-refractivity contribution in [3.8, 4) is 11.6 Å². The fourth-order valence-electron chi connectivity index (χ4n) is 6.84. The second-order valence-electron chi connectivity index (χ2n) is 12.0. The number of hydrogen-bond acceptors (Lipinski definition) is 9. The Morgan fingerprint density at radius 2 is 1.57 bits per heavy atom. The number of fused-ring (bicyclic) bond motifs is 3. The van der Waals surface area contributed by atoms with Crippen molar-refractivity contribution >= 4 is 11.6 Å². The van der Waals surface area contributed by atoms with E-state index in [2.05, 4.69) is 28.6 Å². The second kappa shape index (κ2) is 12.8. The lowest BCUT2D eigenvalue weighted by Crippen LogP contribution is -2.44. The van der Waals surface area contributed by atoms with Crippen molar-refractivity contribution in [2.45, 2.75) is 38.1 Å². The number of carbonyl (C=O) groups excluding carboxylic acids is 2. The number of nitrogens with zero attached hydrogens (tertiary/aromatic N) is 2. The molecule has 2 aromatic carbocycles. The van der Waals surface area contributed by atoms with Gasteiger partial charge in [-0.1, -0.05) is 72.8 Å². The van der Waals surface area contributed by atoms with Crippen LogP contribution in [-0.4, -0.2) is 40.4 Å². The molecule has 4 aliphatic rings. The Labute approximate surface area is 272 Å². The van der Waals surface area contributed by atoms with E-state index in [0.29, 0.717) is 59.8 Å². The summed E-state index contributed by atoms with van der Waals surface area (Å²) in [7, 11) is 0. The molecule has 3 aliphatic carbocycles. The predicted molar refractivity (Wildman–Crippen MR) is 174 cm³/mol. The number of benzene rings is 2. The van der Waals surface area contributed by atoms with E-state index in [1.807, 2.05) is 72.8 Å². The van der Waals surface area contributed by atoms with Crippen molar-refractivity contribution in [1.29, 1.82) is 0 Å². The standard InChI is InChI=1S/C32H24N2O6.C6H11N/c35-28-25-21(14-33-15-24(25)37-16-18-7-3-1-4-8-18)11-20-12-22-13-23-27(29(36)32(22)30(39-32)26(20)28)31(34-40-23)38-17-19-9-5-2-6-10-19;1-3-5-7-6-4-2/h1-10,14-15,20,22H,11-13,16-17H2;3-4,7H,1-2,5-6H2/t20?,22-,32+;/m0./s1. The molecule has 9 nitrogen and oxygen atoms in total. The lowest BCUT2D eigenvalue weighted by Gasteiger charge is -2.35. The molecule has 2 aromatic heterocycles. The highest BCUT2D eigenvalue weighted by Crippen LogP contribution is 2.63. The first-order valence-corrected chi connectivity index (χ1v) is 15.8. The Balaban J connectivity index is 0.000000455. The first-order valence-electron chi connectivity index (χ1n) is 15.8. The number of pyridine rings is 1. The van der Waals surface area contributed by atoms with Crippen LogP contribution in [0, 0.1) is 11.8 Å². The third-order valence-corrected chi connectivity index (χ3v) is 9.04. The van der Waals surface area contributed by atoms with Crippen molar-refractivity contribution in [3.05, 3.63) is 143 Å². The summed E-state index contributed by atoms with van der Waals surface area (Å²) in [4.78, 5) is 32.3. The highest BCUT2D eigenvalue weighted by atomic mass is 16.6. The SMILES string of the molecule is C=CCNCC=C.O=C1C2=C3O[C@]34C(=O)c3c(OCc5ccccc5)noc3C[C@@H]4CC2Cc2cncc(OCc3ccccc3)c21. The van der Waals surface area contributed by atoms with Gasteiger partial charge in [-0.25, -0.2) is 0 Å². The van der Waals surface area contributed by atoms with Gasteiger partial charge in [-0.05, 0) is 40.6 Å². The first-order chi connectivity index (χ1) is 23.0. The predicted octanol–water partition coefficient (Wildman–Crippen LogP) is 6.01. The zero-order chi connectivity index (χ0) is 32.4. The van der Waals surface area contributed by atoms with Crippen LogP contribution in [0.1, 0.15) is 49.6 Å². The number of aromatic nitrogens is 2. The molecule has 8 rings (SSSR count). The van der Waals surface area contributed by atoms with Gasteiger partial charge in [0.15, 0.2) is 17.3 Å². The Bertz CT molecular complexity index is 1860. The highest BCUT2D eigenvalue weighted by molar-refractivity contribution is 6.17. The molecule has 238 valence electrons. The number of Topliss-reactive ketones (excluding diaryl/α,β-unsaturated/α-hetero) is 2. The summed E-state index contributed by atoms with van der Waals surface area (Å²) in [5.41, 5.74) is 3.07. The van der Waals surface area contributed by atoms with E-state index >= 15 is 0 Å². The molecule has 3 heterocycles. The molecular weight excluding hydrogens is 594 g/mol. The van der Waals surface area contributed by atoms with E-state index in [1.54, 1.807) is 12.4 Å². The topological polar surface area (TPSA) is 116 Å². The van der Waals surface area contributed by atoms with Gasteiger partial charge >= 0.3 is 0 Å². The van der Waals surface area contributed by atoms with Crippen LogP contribution in [0.25, 0.3) is 0 Å². The third-order valence-electron chi connectivity index (χ3n) is 9.04. The van der Waals surface area contributed by atoms with Gasteiger partial charge in [0.2, 0.25) is 11.4 Å². The largest absolute Gasteiger partial charge is 0.487 e. The molecule has 4 aromatic rings. The molecule has 1 spiro atoms. The van der Waals surface area contributed by atoms with Crippen molar-refractivity contribution in [3.63, 3.8) is 0 Å². The van der Waals surface area contributed by atoms with Gasteiger partial charge in [-0.3, -0.25) is 14.6 Å². The van der Waals surface area contributed by atoms with Crippen LogP contribution < -0.4 is 14.8 Å². The molecular formula is C38H35N3O6. The monoisotopic (exact) mass is 629 g/mol. The number of ketones is 2. The van der Waals surface area contributed by atoms with Crippen LogP contribution in [0.15, 0.2) is 114 Å². The number of nitrogens with one attached hydrogen (secondary N) is 1.